The zero-order valence-corrected chi connectivity index (χ0v) is 16.7. The molecule has 6 heteroatoms. The number of rotatable bonds is 6. The lowest BCUT2D eigenvalue weighted by Crippen LogP contribution is -2.41. The van der Waals surface area contributed by atoms with Crippen molar-refractivity contribution in [2.24, 2.45) is 0 Å². The Morgan fingerprint density at radius 1 is 1.17 bits per heavy atom. The van der Waals surface area contributed by atoms with E-state index in [0.717, 1.165) is 24.0 Å². The number of likely N-dealkylation sites (tertiary alicyclic amines) is 1. The van der Waals surface area contributed by atoms with Crippen LogP contribution in [-0.2, 0) is 11.3 Å². The fourth-order valence-electron chi connectivity index (χ4n) is 3.35. The lowest BCUT2D eigenvalue weighted by Gasteiger charge is -2.32. The average Bonchev–Trinajstić information content (AvgIpc) is 2.74. The van der Waals surface area contributed by atoms with E-state index in [1.807, 2.05) is 55.5 Å². The van der Waals surface area contributed by atoms with Gasteiger partial charge in [-0.2, -0.15) is 0 Å². The highest BCUT2D eigenvalue weighted by Crippen LogP contribution is 2.27. The molecule has 0 unspecified atom stereocenters. The van der Waals surface area contributed by atoms with Gasteiger partial charge in [-0.3, -0.25) is 4.79 Å². The molecule has 0 spiro atoms. The Morgan fingerprint density at radius 2 is 1.93 bits per heavy atom. The Bertz CT molecular complexity index is 873. The molecule has 0 saturated carbocycles. The molecule has 1 fully saturated rings. The van der Waals surface area contributed by atoms with Crippen LogP contribution in [0.5, 0.6) is 5.75 Å². The van der Waals surface area contributed by atoms with Gasteiger partial charge in [-0.15, -0.1) is 0 Å². The second-order valence-corrected chi connectivity index (χ2v) is 7.14. The van der Waals surface area contributed by atoms with Crippen molar-refractivity contribution < 1.29 is 14.3 Å². The van der Waals surface area contributed by atoms with E-state index in [9.17, 15) is 9.59 Å². The fourth-order valence-corrected chi connectivity index (χ4v) is 3.35. The Hall–Kier alpha value is -3.28. The van der Waals surface area contributed by atoms with Crippen molar-refractivity contribution in [1.82, 2.24) is 10.2 Å². The lowest BCUT2D eigenvalue weighted by molar-refractivity contribution is -0.127. The molecule has 3 rings (SSSR count). The number of hydrogen-bond donors (Lipinski definition) is 2. The first-order chi connectivity index (χ1) is 14.0. The molecular weight excluding hydrogens is 366 g/mol. The van der Waals surface area contributed by atoms with E-state index >= 15 is 0 Å². The van der Waals surface area contributed by atoms with Crippen molar-refractivity contribution in [3.8, 4) is 5.75 Å². The normalized spacial score (nSPS) is 14.2. The van der Waals surface area contributed by atoms with E-state index in [-0.39, 0.29) is 18.0 Å². The Morgan fingerprint density at radius 3 is 2.66 bits per heavy atom. The van der Waals surface area contributed by atoms with Crippen LogP contribution < -0.4 is 15.4 Å². The Labute approximate surface area is 171 Å². The number of aryl methyl sites for hydroxylation is 1. The number of nitrogens with zero attached hydrogens (tertiary/aromatic N) is 1. The highest BCUT2D eigenvalue weighted by molar-refractivity contribution is 5.90. The minimum atomic E-state index is -0.283. The summed E-state index contributed by atoms with van der Waals surface area (Å²) >= 11 is 0. The van der Waals surface area contributed by atoms with Crippen molar-refractivity contribution in [2.75, 3.05) is 18.4 Å². The minimum absolute atomic E-state index is 0.00201. The van der Waals surface area contributed by atoms with Gasteiger partial charge in [0.05, 0.1) is 5.69 Å². The maximum Gasteiger partial charge on any atom is 0.319 e. The molecular formula is C23H27N3O3. The Kier molecular flexibility index (Phi) is 6.89. The molecule has 2 N–H and O–H groups in total. The van der Waals surface area contributed by atoms with Crippen LogP contribution in [-0.4, -0.2) is 36.0 Å². The molecule has 0 aliphatic carbocycles. The number of para-hydroxylation sites is 2. The number of ether oxygens (including phenoxy) is 1. The summed E-state index contributed by atoms with van der Waals surface area (Å²) in [6.45, 7) is 7.29. The lowest BCUT2D eigenvalue weighted by atomic mass is 10.1. The number of anilines is 1. The standard InChI is InChI=1S/C23H27N3O3/c1-3-22(27)26-13-11-19(12-14-26)29-21-10-5-4-9-20(21)25-23(28)24-16-18-8-6-7-17(2)15-18/h3-10,15,19H,1,11-14,16H2,2H3,(H2,24,25,28). The van der Waals surface area contributed by atoms with Crippen molar-refractivity contribution in [3.05, 3.63) is 72.3 Å². The van der Waals surface area contributed by atoms with Crippen LogP contribution in [0.4, 0.5) is 10.5 Å². The number of hydrogen-bond acceptors (Lipinski definition) is 3. The van der Waals surface area contributed by atoms with E-state index in [1.54, 1.807) is 4.90 Å². The van der Waals surface area contributed by atoms with Crippen LogP contribution in [0.15, 0.2) is 61.2 Å². The van der Waals surface area contributed by atoms with Gasteiger partial charge in [0.1, 0.15) is 11.9 Å². The smallest absolute Gasteiger partial charge is 0.319 e. The van der Waals surface area contributed by atoms with Crippen LogP contribution in [0.3, 0.4) is 0 Å². The van der Waals surface area contributed by atoms with Crippen molar-refractivity contribution in [2.45, 2.75) is 32.4 Å². The molecule has 1 aliphatic rings. The number of piperidine rings is 1. The monoisotopic (exact) mass is 393 g/mol. The van der Waals surface area contributed by atoms with Gasteiger partial charge >= 0.3 is 6.03 Å². The number of nitrogens with one attached hydrogen (secondary N) is 2. The number of benzene rings is 2. The van der Waals surface area contributed by atoms with Crippen LogP contribution in [0, 0.1) is 6.92 Å². The summed E-state index contributed by atoms with van der Waals surface area (Å²) < 4.78 is 6.12. The number of amides is 3. The Balaban J connectivity index is 1.54. The summed E-state index contributed by atoms with van der Waals surface area (Å²) in [4.78, 5) is 25.8. The molecule has 0 bridgehead atoms. The molecule has 1 saturated heterocycles. The minimum Gasteiger partial charge on any atom is -0.488 e. The van der Waals surface area contributed by atoms with Gasteiger partial charge < -0.3 is 20.3 Å². The largest absolute Gasteiger partial charge is 0.488 e. The summed E-state index contributed by atoms with van der Waals surface area (Å²) in [5, 5.41) is 5.74. The maximum atomic E-state index is 12.3. The van der Waals surface area contributed by atoms with Gasteiger partial charge in [0.25, 0.3) is 0 Å². The number of carbonyl (C=O) groups is 2. The van der Waals surface area contributed by atoms with Gasteiger partial charge in [-0.05, 0) is 30.7 Å². The maximum absolute atomic E-state index is 12.3. The van der Waals surface area contributed by atoms with Crippen LogP contribution in [0.25, 0.3) is 0 Å². The molecule has 0 radical (unpaired) electrons. The average molecular weight is 393 g/mol. The molecule has 152 valence electrons. The first-order valence-electron chi connectivity index (χ1n) is 9.82. The number of carbonyl (C=O) groups excluding carboxylic acids is 2. The molecule has 0 aromatic heterocycles. The van der Waals surface area contributed by atoms with Crippen molar-refractivity contribution in [1.29, 1.82) is 0 Å². The van der Waals surface area contributed by atoms with Crippen molar-refractivity contribution >= 4 is 17.6 Å². The molecule has 29 heavy (non-hydrogen) atoms. The van der Waals surface area contributed by atoms with E-state index in [2.05, 4.69) is 17.2 Å². The van der Waals surface area contributed by atoms with Crippen LogP contribution in [0.1, 0.15) is 24.0 Å². The zero-order chi connectivity index (χ0) is 20.6. The highest BCUT2D eigenvalue weighted by atomic mass is 16.5. The van der Waals surface area contributed by atoms with E-state index in [4.69, 9.17) is 4.74 Å². The first kappa shape index (κ1) is 20.5. The molecule has 1 aliphatic heterocycles. The number of urea groups is 1. The molecule has 6 nitrogen and oxygen atoms in total. The summed E-state index contributed by atoms with van der Waals surface area (Å²) in [6, 6.07) is 15.1. The third kappa shape index (κ3) is 5.85. The van der Waals surface area contributed by atoms with Gasteiger partial charge in [-0.1, -0.05) is 48.5 Å². The van der Waals surface area contributed by atoms with Crippen molar-refractivity contribution in [3.63, 3.8) is 0 Å². The predicted octanol–water partition coefficient (Wildman–Crippen LogP) is 3.87. The van der Waals surface area contributed by atoms with E-state index < -0.39 is 0 Å². The molecule has 2 aromatic rings. The van der Waals surface area contributed by atoms with Gasteiger partial charge in [-0.25, -0.2) is 4.79 Å². The second kappa shape index (κ2) is 9.78. The molecule has 2 aromatic carbocycles. The highest BCUT2D eigenvalue weighted by Gasteiger charge is 2.23. The summed E-state index contributed by atoms with van der Waals surface area (Å²) in [6.07, 6.45) is 2.83. The third-order valence-corrected chi connectivity index (χ3v) is 4.89. The summed E-state index contributed by atoms with van der Waals surface area (Å²) in [5.74, 6) is 0.586. The zero-order valence-electron chi connectivity index (χ0n) is 16.7. The summed E-state index contributed by atoms with van der Waals surface area (Å²) in [7, 11) is 0. The van der Waals surface area contributed by atoms with Gasteiger partial charge in [0, 0.05) is 32.5 Å². The summed E-state index contributed by atoms with van der Waals surface area (Å²) in [5.41, 5.74) is 2.83. The fraction of sp³-hybridized carbons (Fsp3) is 0.304. The third-order valence-electron chi connectivity index (χ3n) is 4.89. The topological polar surface area (TPSA) is 70.7 Å². The SMILES string of the molecule is C=CC(=O)N1CCC(Oc2ccccc2NC(=O)NCc2cccc(C)c2)CC1. The van der Waals surface area contributed by atoms with Crippen LogP contribution in [0.2, 0.25) is 0 Å². The quantitative estimate of drug-likeness (QED) is 0.732. The predicted molar refractivity (Wildman–Crippen MR) is 114 cm³/mol. The van der Waals surface area contributed by atoms with E-state index in [0.29, 0.717) is 31.1 Å². The second-order valence-electron chi connectivity index (χ2n) is 7.14. The molecule has 3 amide bonds. The molecule has 0 atom stereocenters. The van der Waals surface area contributed by atoms with Gasteiger partial charge in [0.15, 0.2) is 0 Å². The van der Waals surface area contributed by atoms with Gasteiger partial charge in [0.2, 0.25) is 5.91 Å². The van der Waals surface area contributed by atoms with Crippen LogP contribution >= 0.6 is 0 Å². The van der Waals surface area contributed by atoms with E-state index in [1.165, 1.54) is 6.08 Å². The molecule has 1 heterocycles. The first-order valence-corrected chi connectivity index (χ1v) is 9.82.